The monoisotopic (exact) mass is 371 g/mol. The van der Waals surface area contributed by atoms with Crippen molar-refractivity contribution in [3.8, 4) is 22.8 Å². The number of hydrogen-bond donors (Lipinski definition) is 2. The van der Waals surface area contributed by atoms with Gasteiger partial charge in [0.1, 0.15) is 11.5 Å². The minimum atomic E-state index is 0.700. The highest BCUT2D eigenvalue weighted by Crippen LogP contribution is 2.33. The van der Waals surface area contributed by atoms with Crippen LogP contribution in [0.3, 0.4) is 0 Å². The Morgan fingerprint density at radius 1 is 1.08 bits per heavy atom. The molecular weight excluding hydrogens is 350 g/mol. The first kappa shape index (κ1) is 18.3. The molecule has 0 spiro atoms. The fourth-order valence-corrected chi connectivity index (χ4v) is 3.06. The van der Waals surface area contributed by atoms with E-state index in [1.165, 1.54) is 0 Å². The number of hydrogen-bond acceptors (Lipinski definition) is 4. The van der Waals surface area contributed by atoms with Gasteiger partial charge in [-0.15, -0.1) is 0 Å². The molecule has 1 heterocycles. The predicted molar refractivity (Wildman–Crippen MR) is 104 cm³/mol. The maximum Gasteiger partial charge on any atom is 0.131 e. The van der Waals surface area contributed by atoms with Crippen LogP contribution >= 0.6 is 11.6 Å². The molecule has 0 aliphatic rings. The van der Waals surface area contributed by atoms with Crippen molar-refractivity contribution in [1.82, 2.24) is 15.5 Å². The number of nitrogens with zero attached hydrogens (tertiary/aromatic N) is 1. The van der Waals surface area contributed by atoms with Crippen LogP contribution in [-0.2, 0) is 13.0 Å². The Labute approximate surface area is 158 Å². The Kier molecular flexibility index (Phi) is 6.15. The first-order valence-corrected chi connectivity index (χ1v) is 8.79. The van der Waals surface area contributed by atoms with Crippen molar-refractivity contribution in [3.63, 3.8) is 0 Å². The number of nitrogens with one attached hydrogen (secondary N) is 2. The van der Waals surface area contributed by atoms with Crippen molar-refractivity contribution in [2.75, 3.05) is 20.8 Å². The summed E-state index contributed by atoms with van der Waals surface area (Å²) in [6.45, 7) is 1.53. The van der Waals surface area contributed by atoms with Crippen molar-refractivity contribution in [1.29, 1.82) is 0 Å². The van der Waals surface area contributed by atoms with E-state index in [2.05, 4.69) is 21.6 Å². The van der Waals surface area contributed by atoms with Gasteiger partial charge in [-0.05, 0) is 36.7 Å². The van der Waals surface area contributed by atoms with Gasteiger partial charge in [-0.2, -0.15) is 5.10 Å². The van der Waals surface area contributed by atoms with E-state index in [0.29, 0.717) is 6.54 Å². The number of H-pyrrole nitrogens is 1. The highest BCUT2D eigenvalue weighted by Gasteiger charge is 2.13. The Morgan fingerprint density at radius 3 is 2.69 bits per heavy atom. The first-order valence-electron chi connectivity index (χ1n) is 8.41. The second-order valence-electron chi connectivity index (χ2n) is 5.85. The molecule has 2 N–H and O–H groups in total. The summed E-state index contributed by atoms with van der Waals surface area (Å²) in [5.41, 5.74) is 4.11. The SMILES string of the molecule is COc1ccc(-c2[nH]ncc2CNCCc2ccccc2Cl)c(OC)c1. The zero-order valence-electron chi connectivity index (χ0n) is 14.9. The Balaban J connectivity index is 1.67. The molecule has 0 bridgehead atoms. The molecule has 0 atom stereocenters. The maximum atomic E-state index is 6.20. The number of halogens is 1. The number of aromatic amines is 1. The van der Waals surface area contributed by atoms with Crippen LogP contribution in [0.4, 0.5) is 0 Å². The van der Waals surface area contributed by atoms with Crippen molar-refractivity contribution in [2.45, 2.75) is 13.0 Å². The molecule has 3 aromatic rings. The molecule has 6 heteroatoms. The second kappa shape index (κ2) is 8.74. The third-order valence-electron chi connectivity index (χ3n) is 4.24. The predicted octanol–water partition coefficient (Wildman–Crippen LogP) is 4.08. The molecule has 3 rings (SSSR count). The van der Waals surface area contributed by atoms with E-state index >= 15 is 0 Å². The minimum absolute atomic E-state index is 0.700. The zero-order valence-corrected chi connectivity index (χ0v) is 15.6. The lowest BCUT2D eigenvalue weighted by Gasteiger charge is -2.11. The van der Waals surface area contributed by atoms with Crippen LogP contribution in [0.2, 0.25) is 5.02 Å². The van der Waals surface area contributed by atoms with E-state index in [4.69, 9.17) is 21.1 Å². The smallest absolute Gasteiger partial charge is 0.131 e. The van der Waals surface area contributed by atoms with Gasteiger partial charge < -0.3 is 14.8 Å². The molecule has 0 aliphatic carbocycles. The van der Waals surface area contributed by atoms with E-state index in [-0.39, 0.29) is 0 Å². The quantitative estimate of drug-likeness (QED) is 0.586. The Bertz CT molecular complexity index is 864. The number of methoxy groups -OCH3 is 2. The van der Waals surface area contributed by atoms with Gasteiger partial charge in [0, 0.05) is 28.8 Å². The van der Waals surface area contributed by atoms with Crippen LogP contribution in [0.5, 0.6) is 11.5 Å². The van der Waals surface area contributed by atoms with E-state index in [0.717, 1.165) is 51.9 Å². The number of rotatable bonds is 8. The fourth-order valence-electron chi connectivity index (χ4n) is 2.83. The molecule has 0 saturated heterocycles. The number of aromatic nitrogens is 2. The van der Waals surface area contributed by atoms with Crippen LogP contribution in [0.25, 0.3) is 11.3 Å². The van der Waals surface area contributed by atoms with Crippen molar-refractivity contribution >= 4 is 11.6 Å². The van der Waals surface area contributed by atoms with Crippen molar-refractivity contribution < 1.29 is 9.47 Å². The summed E-state index contributed by atoms with van der Waals surface area (Å²) in [5.74, 6) is 1.50. The Morgan fingerprint density at radius 2 is 1.92 bits per heavy atom. The summed E-state index contributed by atoms with van der Waals surface area (Å²) < 4.78 is 10.8. The lowest BCUT2D eigenvalue weighted by atomic mass is 10.1. The number of benzene rings is 2. The molecule has 0 saturated carbocycles. The van der Waals surface area contributed by atoms with Gasteiger partial charge >= 0.3 is 0 Å². The molecule has 0 aliphatic heterocycles. The maximum absolute atomic E-state index is 6.20. The van der Waals surface area contributed by atoms with Crippen LogP contribution in [-0.4, -0.2) is 31.0 Å². The summed E-state index contributed by atoms with van der Waals surface area (Å²) >= 11 is 6.20. The summed E-state index contributed by atoms with van der Waals surface area (Å²) in [4.78, 5) is 0. The van der Waals surface area contributed by atoms with Gasteiger partial charge in [0.2, 0.25) is 0 Å². The standard InChI is InChI=1S/C20H22ClN3O2/c1-25-16-7-8-17(19(11-16)26-2)20-15(13-23-24-20)12-22-10-9-14-5-3-4-6-18(14)21/h3-8,11,13,22H,9-10,12H2,1-2H3,(H,23,24). The van der Waals surface area contributed by atoms with Crippen LogP contribution in [0.15, 0.2) is 48.7 Å². The first-order chi connectivity index (χ1) is 12.7. The lowest BCUT2D eigenvalue weighted by molar-refractivity contribution is 0.395. The molecule has 0 amide bonds. The van der Waals surface area contributed by atoms with Crippen LogP contribution < -0.4 is 14.8 Å². The molecule has 2 aromatic carbocycles. The second-order valence-corrected chi connectivity index (χ2v) is 6.26. The average Bonchev–Trinajstić information content (AvgIpc) is 3.14. The van der Waals surface area contributed by atoms with Crippen molar-refractivity contribution in [2.24, 2.45) is 0 Å². The van der Waals surface area contributed by atoms with Gasteiger partial charge in [-0.3, -0.25) is 5.10 Å². The number of ether oxygens (including phenoxy) is 2. The normalized spacial score (nSPS) is 10.7. The minimum Gasteiger partial charge on any atom is -0.497 e. The highest BCUT2D eigenvalue weighted by molar-refractivity contribution is 6.31. The highest BCUT2D eigenvalue weighted by atomic mass is 35.5. The summed E-state index contributed by atoms with van der Waals surface area (Å²) in [6, 6.07) is 13.7. The van der Waals surface area contributed by atoms with E-state index in [9.17, 15) is 0 Å². The van der Waals surface area contributed by atoms with E-state index < -0.39 is 0 Å². The molecule has 0 fully saturated rings. The van der Waals surface area contributed by atoms with E-state index in [1.807, 2.05) is 42.6 Å². The average molecular weight is 372 g/mol. The van der Waals surface area contributed by atoms with Gasteiger partial charge in [-0.25, -0.2) is 0 Å². The van der Waals surface area contributed by atoms with Crippen LogP contribution in [0.1, 0.15) is 11.1 Å². The molecule has 1 aromatic heterocycles. The molecule has 136 valence electrons. The van der Waals surface area contributed by atoms with Gasteiger partial charge in [0.05, 0.1) is 26.1 Å². The zero-order chi connectivity index (χ0) is 18.4. The topological polar surface area (TPSA) is 59.2 Å². The summed E-state index contributed by atoms with van der Waals surface area (Å²) in [5, 5.41) is 11.5. The largest absolute Gasteiger partial charge is 0.497 e. The molecular formula is C20H22ClN3O2. The lowest BCUT2D eigenvalue weighted by Crippen LogP contribution is -2.17. The molecule has 5 nitrogen and oxygen atoms in total. The molecule has 0 unspecified atom stereocenters. The molecule has 26 heavy (non-hydrogen) atoms. The molecule has 0 radical (unpaired) electrons. The van der Waals surface area contributed by atoms with Crippen LogP contribution in [0, 0.1) is 0 Å². The van der Waals surface area contributed by atoms with Gasteiger partial charge in [0.15, 0.2) is 0 Å². The fraction of sp³-hybridized carbons (Fsp3) is 0.250. The Hall–Kier alpha value is -2.50. The third-order valence-corrected chi connectivity index (χ3v) is 4.61. The van der Waals surface area contributed by atoms with Gasteiger partial charge in [-0.1, -0.05) is 29.8 Å². The summed E-state index contributed by atoms with van der Waals surface area (Å²) in [6.07, 6.45) is 2.71. The third kappa shape index (κ3) is 4.18. The van der Waals surface area contributed by atoms with Crippen molar-refractivity contribution in [3.05, 3.63) is 64.8 Å². The summed E-state index contributed by atoms with van der Waals surface area (Å²) in [7, 11) is 3.29. The van der Waals surface area contributed by atoms with Gasteiger partial charge in [0.25, 0.3) is 0 Å². The van der Waals surface area contributed by atoms with E-state index in [1.54, 1.807) is 14.2 Å².